The number of nitrogens with zero attached hydrogens (tertiary/aromatic N) is 7. The fourth-order valence-corrected chi connectivity index (χ4v) is 5.22. The maximum Gasteiger partial charge on any atom is 0.120 e. The lowest BCUT2D eigenvalue weighted by Gasteiger charge is -2.37. The molecule has 1 aliphatic heterocycles. The van der Waals surface area contributed by atoms with Gasteiger partial charge in [0.25, 0.3) is 0 Å². The van der Waals surface area contributed by atoms with Crippen molar-refractivity contribution in [2.45, 2.75) is 44.4 Å². The Labute approximate surface area is 181 Å². The molecule has 0 unspecified atom stereocenters. The largest absolute Gasteiger partial charge is 0.376 e. The van der Waals surface area contributed by atoms with Gasteiger partial charge in [0.05, 0.1) is 24.9 Å². The lowest BCUT2D eigenvalue weighted by Crippen LogP contribution is -2.38. The number of imidazole rings is 1. The molecule has 3 aromatic rings. The highest BCUT2D eigenvalue weighted by molar-refractivity contribution is 5.54. The van der Waals surface area contributed by atoms with E-state index in [-0.39, 0.29) is 12.1 Å². The molecule has 2 aliphatic carbocycles. The summed E-state index contributed by atoms with van der Waals surface area (Å²) >= 11 is 0. The molecule has 0 aromatic carbocycles. The van der Waals surface area contributed by atoms with Crippen LogP contribution in [0.5, 0.6) is 0 Å². The summed E-state index contributed by atoms with van der Waals surface area (Å²) in [6, 6.07) is 0.217. The zero-order valence-corrected chi connectivity index (χ0v) is 17.5. The summed E-state index contributed by atoms with van der Waals surface area (Å²) in [6.07, 6.45) is 15.8. The molecular formula is C22H28N8O. The van der Waals surface area contributed by atoms with Gasteiger partial charge in [0, 0.05) is 50.0 Å². The number of aromatic amines is 1. The van der Waals surface area contributed by atoms with Crippen molar-refractivity contribution in [2.24, 2.45) is 17.8 Å². The number of aromatic nitrogens is 7. The first-order valence-corrected chi connectivity index (χ1v) is 11.3. The second-order valence-electron chi connectivity index (χ2n) is 9.31. The minimum absolute atomic E-state index is 0.187. The average Bonchev–Trinajstić information content (AvgIpc) is 3.18. The minimum atomic E-state index is 0.187. The Morgan fingerprint density at radius 1 is 1.10 bits per heavy atom. The van der Waals surface area contributed by atoms with Crippen LogP contribution in [0.25, 0.3) is 11.3 Å². The highest BCUT2D eigenvalue weighted by atomic mass is 16.5. The Hall–Kier alpha value is -2.65. The Bertz CT molecular complexity index is 986. The van der Waals surface area contributed by atoms with Crippen LogP contribution in [0.15, 0.2) is 37.3 Å². The molecule has 1 N–H and O–H groups in total. The molecule has 2 saturated carbocycles. The summed E-state index contributed by atoms with van der Waals surface area (Å²) in [5.74, 6) is 3.11. The monoisotopic (exact) mass is 420 g/mol. The third-order valence-corrected chi connectivity index (χ3v) is 7.04. The van der Waals surface area contributed by atoms with Gasteiger partial charge in [-0.25, -0.2) is 19.6 Å². The van der Waals surface area contributed by atoms with E-state index >= 15 is 0 Å². The van der Waals surface area contributed by atoms with Gasteiger partial charge in [-0.2, -0.15) is 0 Å². The van der Waals surface area contributed by atoms with Gasteiger partial charge in [-0.05, 0) is 43.4 Å². The molecule has 0 spiro atoms. The summed E-state index contributed by atoms with van der Waals surface area (Å²) < 4.78 is 8.52. The lowest BCUT2D eigenvalue weighted by molar-refractivity contribution is -0.0375. The molecule has 31 heavy (non-hydrogen) atoms. The first kappa shape index (κ1) is 19.1. The topological polar surface area (TPSA) is 97.6 Å². The highest BCUT2D eigenvalue weighted by Crippen LogP contribution is 2.43. The quantitative estimate of drug-likeness (QED) is 0.626. The summed E-state index contributed by atoms with van der Waals surface area (Å²) in [5.41, 5.74) is 1.71. The number of nitrogens with one attached hydrogen (secondary N) is 1. The van der Waals surface area contributed by atoms with Gasteiger partial charge in [0.15, 0.2) is 0 Å². The minimum Gasteiger partial charge on any atom is -0.376 e. The summed E-state index contributed by atoms with van der Waals surface area (Å²) in [6.45, 7) is 3.99. The van der Waals surface area contributed by atoms with Crippen molar-refractivity contribution < 1.29 is 4.74 Å². The third kappa shape index (κ3) is 4.12. The fourth-order valence-electron chi connectivity index (χ4n) is 5.22. The van der Waals surface area contributed by atoms with Gasteiger partial charge in [0.2, 0.25) is 0 Å². The summed E-state index contributed by atoms with van der Waals surface area (Å²) in [5, 5.41) is 8.91. The Balaban J connectivity index is 1.20. The van der Waals surface area contributed by atoms with E-state index in [1.54, 1.807) is 12.4 Å². The van der Waals surface area contributed by atoms with Crippen molar-refractivity contribution in [1.29, 1.82) is 0 Å². The van der Waals surface area contributed by atoms with E-state index in [0.29, 0.717) is 11.8 Å². The van der Waals surface area contributed by atoms with Crippen molar-refractivity contribution in [1.82, 2.24) is 39.8 Å². The van der Waals surface area contributed by atoms with E-state index in [4.69, 9.17) is 4.74 Å². The Kier molecular flexibility index (Phi) is 5.00. The molecule has 4 heterocycles. The van der Waals surface area contributed by atoms with Crippen LogP contribution in [0, 0.1) is 17.8 Å². The predicted octanol–water partition coefficient (Wildman–Crippen LogP) is 2.34. The molecule has 0 bridgehead atoms. The number of rotatable bonds is 7. The van der Waals surface area contributed by atoms with Crippen molar-refractivity contribution in [3.8, 4) is 11.3 Å². The van der Waals surface area contributed by atoms with E-state index in [9.17, 15) is 0 Å². The van der Waals surface area contributed by atoms with Gasteiger partial charge in [-0.3, -0.25) is 4.90 Å². The standard InChI is InChI=1S/C22H28N8O/c1-2-15(1)13-31-21-6-17-10-29(12-22-25-3-4-26-22)9-16(17)5-20(21)30-11-19(27-28-30)18-7-23-14-24-8-18/h3-4,7-8,11,14-17,20-21H,1-2,5-6,9-10,12-13H2,(H,25,26)/t16-,17+,20-,21-/m1/s1. The maximum atomic E-state index is 6.49. The molecule has 3 aliphatic rings. The third-order valence-electron chi connectivity index (χ3n) is 7.04. The number of H-pyrrole nitrogens is 1. The van der Waals surface area contributed by atoms with Crippen molar-refractivity contribution in [3.63, 3.8) is 0 Å². The molecule has 3 fully saturated rings. The summed E-state index contributed by atoms with van der Waals surface area (Å²) in [7, 11) is 0. The van der Waals surface area contributed by atoms with Crippen molar-refractivity contribution in [3.05, 3.63) is 43.1 Å². The number of likely N-dealkylation sites (tertiary alicyclic amines) is 1. The molecular weight excluding hydrogens is 392 g/mol. The van der Waals surface area contributed by atoms with Crippen molar-refractivity contribution >= 4 is 0 Å². The Morgan fingerprint density at radius 3 is 2.71 bits per heavy atom. The molecule has 0 amide bonds. The zero-order chi connectivity index (χ0) is 20.6. The number of hydrogen-bond donors (Lipinski definition) is 1. The van der Waals surface area contributed by atoms with Gasteiger partial charge in [-0.1, -0.05) is 5.21 Å². The van der Waals surface area contributed by atoms with Crippen LogP contribution in [0.4, 0.5) is 0 Å². The van der Waals surface area contributed by atoms with Crippen molar-refractivity contribution in [2.75, 3.05) is 19.7 Å². The van der Waals surface area contributed by atoms with Crippen LogP contribution in [0.3, 0.4) is 0 Å². The van der Waals surface area contributed by atoms with E-state index in [1.807, 2.05) is 23.3 Å². The molecule has 3 aromatic heterocycles. The number of hydrogen-bond acceptors (Lipinski definition) is 7. The molecule has 162 valence electrons. The number of fused-ring (bicyclic) bond motifs is 1. The highest BCUT2D eigenvalue weighted by Gasteiger charge is 2.44. The molecule has 9 heteroatoms. The van der Waals surface area contributed by atoms with Gasteiger partial charge >= 0.3 is 0 Å². The first-order chi connectivity index (χ1) is 15.3. The molecule has 9 nitrogen and oxygen atoms in total. The smallest absolute Gasteiger partial charge is 0.120 e. The lowest BCUT2D eigenvalue weighted by atomic mass is 9.77. The van der Waals surface area contributed by atoms with Crippen LogP contribution in [-0.2, 0) is 11.3 Å². The zero-order valence-electron chi connectivity index (χ0n) is 17.5. The maximum absolute atomic E-state index is 6.49. The second kappa shape index (κ2) is 8.12. The van der Waals surface area contributed by atoms with Gasteiger partial charge in [-0.15, -0.1) is 5.10 Å². The molecule has 0 radical (unpaired) electrons. The SMILES string of the molecule is c1ncc(-c2cn([C@@H]3C[C@@H]4CN(Cc5ncc[nH]5)C[C@@H]4C[C@H]3OCC3CC3)nn2)cn1. The average molecular weight is 421 g/mol. The second-order valence-corrected chi connectivity index (χ2v) is 9.31. The molecule has 1 saturated heterocycles. The van der Waals surface area contributed by atoms with Crippen LogP contribution < -0.4 is 0 Å². The van der Waals surface area contributed by atoms with E-state index in [0.717, 1.165) is 62.1 Å². The van der Waals surface area contributed by atoms with E-state index in [1.165, 1.54) is 19.2 Å². The van der Waals surface area contributed by atoms with Crippen LogP contribution in [0.1, 0.15) is 37.5 Å². The van der Waals surface area contributed by atoms with Crippen LogP contribution in [0.2, 0.25) is 0 Å². The fraction of sp³-hybridized carbons (Fsp3) is 0.591. The van der Waals surface area contributed by atoms with Gasteiger partial charge < -0.3 is 9.72 Å². The molecule has 4 atom stereocenters. The van der Waals surface area contributed by atoms with Crippen LogP contribution in [-0.4, -0.2) is 65.6 Å². The number of ether oxygens (including phenoxy) is 1. The molecule has 6 rings (SSSR count). The van der Waals surface area contributed by atoms with Crippen LogP contribution >= 0.6 is 0 Å². The van der Waals surface area contributed by atoms with E-state index < -0.39 is 0 Å². The Morgan fingerprint density at radius 2 is 1.94 bits per heavy atom. The predicted molar refractivity (Wildman–Crippen MR) is 113 cm³/mol. The summed E-state index contributed by atoms with van der Waals surface area (Å²) in [4.78, 5) is 18.4. The first-order valence-electron chi connectivity index (χ1n) is 11.3. The van der Waals surface area contributed by atoms with E-state index in [2.05, 4.69) is 35.1 Å². The normalized spacial score (nSPS) is 28.6. The van der Waals surface area contributed by atoms with Gasteiger partial charge in [0.1, 0.15) is 17.8 Å².